The summed E-state index contributed by atoms with van der Waals surface area (Å²) in [6, 6.07) is 8.14. The molecule has 23 heavy (non-hydrogen) atoms. The van der Waals surface area contributed by atoms with E-state index < -0.39 is 6.10 Å². The van der Waals surface area contributed by atoms with Crippen molar-refractivity contribution in [2.24, 2.45) is 5.73 Å². The Morgan fingerprint density at radius 2 is 2.17 bits per heavy atom. The maximum absolute atomic E-state index is 11.4. The molecule has 3 N–H and O–H groups in total. The van der Waals surface area contributed by atoms with Crippen LogP contribution in [0.4, 0.5) is 0 Å². The number of aliphatic hydroxyl groups excluding tert-OH is 1. The number of aryl methyl sites for hydroxylation is 1. The van der Waals surface area contributed by atoms with Crippen molar-refractivity contribution in [1.29, 1.82) is 0 Å². The summed E-state index contributed by atoms with van der Waals surface area (Å²) in [6.45, 7) is 1.56. The van der Waals surface area contributed by atoms with Crippen LogP contribution >= 0.6 is 0 Å². The van der Waals surface area contributed by atoms with Crippen LogP contribution in [0.15, 0.2) is 24.3 Å². The number of rotatable bonds is 6. The molecule has 5 heteroatoms. The van der Waals surface area contributed by atoms with E-state index in [0.717, 1.165) is 38.6 Å². The monoisotopic (exact) mass is 318 g/mol. The second kappa shape index (κ2) is 7.43. The molecule has 0 aromatic heterocycles. The van der Waals surface area contributed by atoms with Gasteiger partial charge >= 0.3 is 0 Å². The lowest BCUT2D eigenvalue weighted by Crippen LogP contribution is -2.44. The lowest BCUT2D eigenvalue weighted by molar-refractivity contribution is -0.123. The minimum Gasteiger partial charge on any atom is -0.389 e. The Kier molecular flexibility index (Phi) is 5.30. The summed E-state index contributed by atoms with van der Waals surface area (Å²) in [4.78, 5) is 13.4. The van der Waals surface area contributed by atoms with Crippen molar-refractivity contribution in [1.82, 2.24) is 4.90 Å². The number of nitrogens with two attached hydrogens (primary N) is 1. The highest BCUT2D eigenvalue weighted by atomic mass is 16.5. The quantitative estimate of drug-likeness (QED) is 0.831. The number of carbonyl (C=O) groups is 1. The van der Waals surface area contributed by atoms with E-state index in [1.165, 1.54) is 11.1 Å². The van der Waals surface area contributed by atoms with Crippen LogP contribution in [0.25, 0.3) is 0 Å². The van der Waals surface area contributed by atoms with Gasteiger partial charge in [-0.25, -0.2) is 0 Å². The number of hydrogen-bond acceptors (Lipinski definition) is 4. The first-order chi connectivity index (χ1) is 11.1. The maximum atomic E-state index is 11.4. The summed E-state index contributed by atoms with van der Waals surface area (Å²) < 4.78 is 5.98. The Hall–Kier alpha value is -1.43. The molecule has 3 rings (SSSR count). The van der Waals surface area contributed by atoms with Gasteiger partial charge < -0.3 is 15.6 Å². The van der Waals surface area contributed by atoms with Gasteiger partial charge in [0, 0.05) is 6.54 Å². The van der Waals surface area contributed by atoms with Gasteiger partial charge in [-0.2, -0.15) is 0 Å². The number of carbonyl (C=O) groups excluding carboxylic acids is 1. The third-order valence-corrected chi connectivity index (χ3v) is 4.94. The second-order valence-corrected chi connectivity index (χ2v) is 6.62. The van der Waals surface area contributed by atoms with E-state index in [2.05, 4.69) is 18.2 Å². The van der Waals surface area contributed by atoms with E-state index in [9.17, 15) is 9.90 Å². The number of ether oxygens (including phenoxy) is 1. The smallest absolute Gasteiger partial charge is 0.234 e. The van der Waals surface area contributed by atoms with Crippen molar-refractivity contribution >= 4 is 5.91 Å². The first-order valence-electron chi connectivity index (χ1n) is 8.56. The van der Waals surface area contributed by atoms with Crippen LogP contribution in [0.2, 0.25) is 0 Å². The zero-order valence-electron chi connectivity index (χ0n) is 13.5. The van der Waals surface area contributed by atoms with E-state index in [1.807, 2.05) is 11.0 Å². The van der Waals surface area contributed by atoms with E-state index in [1.54, 1.807) is 0 Å². The third-order valence-electron chi connectivity index (χ3n) is 4.94. The predicted molar refractivity (Wildman–Crippen MR) is 87.9 cm³/mol. The Bertz CT molecular complexity index is 549. The summed E-state index contributed by atoms with van der Waals surface area (Å²) in [5.41, 5.74) is 8.02. The molecule has 1 amide bonds. The van der Waals surface area contributed by atoms with Crippen LogP contribution in [0.1, 0.15) is 42.9 Å². The van der Waals surface area contributed by atoms with Gasteiger partial charge in [-0.05, 0) is 49.8 Å². The zero-order chi connectivity index (χ0) is 16.2. The molecule has 1 aromatic carbocycles. The number of aliphatic hydroxyl groups is 1. The summed E-state index contributed by atoms with van der Waals surface area (Å²) >= 11 is 0. The van der Waals surface area contributed by atoms with Crippen LogP contribution in [0.5, 0.6) is 0 Å². The Labute approximate surface area is 137 Å². The normalized spacial score (nSPS) is 26.0. The summed E-state index contributed by atoms with van der Waals surface area (Å²) in [5.74, 6) is -0.295. The van der Waals surface area contributed by atoms with Gasteiger partial charge in [0.2, 0.25) is 5.91 Å². The molecule has 3 atom stereocenters. The lowest BCUT2D eigenvalue weighted by Gasteiger charge is -2.28. The highest BCUT2D eigenvalue weighted by Gasteiger charge is 2.30. The molecular formula is C18H26N2O3. The molecule has 1 aromatic rings. The fourth-order valence-corrected chi connectivity index (χ4v) is 3.80. The number of primary amides is 1. The molecule has 126 valence electrons. The van der Waals surface area contributed by atoms with Gasteiger partial charge in [0.05, 0.1) is 24.9 Å². The number of likely N-dealkylation sites (tertiary alicyclic amines) is 1. The van der Waals surface area contributed by atoms with Crippen molar-refractivity contribution in [2.45, 2.75) is 50.4 Å². The molecule has 0 bridgehead atoms. The number of benzene rings is 1. The Morgan fingerprint density at radius 3 is 3.00 bits per heavy atom. The summed E-state index contributed by atoms with van der Waals surface area (Å²) in [5, 5.41) is 10.3. The van der Waals surface area contributed by atoms with Gasteiger partial charge in [-0.15, -0.1) is 0 Å². The number of fused-ring (bicyclic) bond motifs is 1. The lowest BCUT2D eigenvalue weighted by atomic mass is 9.89. The van der Waals surface area contributed by atoms with Crippen molar-refractivity contribution in [3.63, 3.8) is 0 Å². The second-order valence-electron chi connectivity index (χ2n) is 6.62. The van der Waals surface area contributed by atoms with Crippen molar-refractivity contribution in [3.8, 4) is 0 Å². The van der Waals surface area contributed by atoms with E-state index in [-0.39, 0.29) is 18.1 Å². The average Bonchev–Trinajstić information content (AvgIpc) is 3.01. The van der Waals surface area contributed by atoms with Gasteiger partial charge in [0.25, 0.3) is 0 Å². The van der Waals surface area contributed by atoms with Gasteiger partial charge in [0.15, 0.2) is 0 Å². The van der Waals surface area contributed by atoms with Gasteiger partial charge in [0.1, 0.15) is 0 Å². The summed E-state index contributed by atoms with van der Waals surface area (Å²) in [7, 11) is 0. The van der Waals surface area contributed by atoms with Crippen LogP contribution in [-0.2, 0) is 16.0 Å². The third kappa shape index (κ3) is 3.91. The van der Waals surface area contributed by atoms with Crippen LogP contribution in [0.3, 0.4) is 0 Å². The van der Waals surface area contributed by atoms with Crippen LogP contribution in [0, 0.1) is 0 Å². The van der Waals surface area contributed by atoms with E-state index >= 15 is 0 Å². The highest BCUT2D eigenvalue weighted by Crippen LogP contribution is 2.32. The van der Waals surface area contributed by atoms with Gasteiger partial charge in [-0.1, -0.05) is 24.3 Å². The molecule has 1 fully saturated rings. The highest BCUT2D eigenvalue weighted by molar-refractivity contribution is 5.80. The number of hydrogen-bond donors (Lipinski definition) is 2. The molecular weight excluding hydrogens is 292 g/mol. The maximum Gasteiger partial charge on any atom is 0.234 e. The molecule has 5 nitrogen and oxygen atoms in total. The standard InChI is InChI=1S/C18H26N2O3/c19-18(22)16-8-4-10-20(16)11-14(21)12-23-17-9-3-6-13-5-1-2-7-15(13)17/h1-2,5,7,14,16-17,21H,3-4,6,8-12H2,(H2,19,22)/t14-,16-,17+/m0/s1. The van der Waals surface area contributed by atoms with Crippen LogP contribution < -0.4 is 5.73 Å². The van der Waals surface area contributed by atoms with Crippen LogP contribution in [-0.4, -0.2) is 47.8 Å². The largest absolute Gasteiger partial charge is 0.389 e. The fourth-order valence-electron chi connectivity index (χ4n) is 3.80. The average molecular weight is 318 g/mol. The van der Waals surface area contributed by atoms with Crippen molar-refractivity contribution < 1.29 is 14.6 Å². The molecule has 1 heterocycles. The number of β-amino-alcohol motifs (C(OH)–C–C–N with tert-alkyl or cyclic N) is 1. The molecule has 0 unspecified atom stereocenters. The first kappa shape index (κ1) is 16.4. The van der Waals surface area contributed by atoms with E-state index in [4.69, 9.17) is 10.5 Å². The zero-order valence-corrected chi connectivity index (χ0v) is 13.5. The molecule has 1 aliphatic heterocycles. The molecule has 1 saturated heterocycles. The topological polar surface area (TPSA) is 75.8 Å². The van der Waals surface area contributed by atoms with E-state index in [0.29, 0.717) is 13.2 Å². The molecule has 0 radical (unpaired) electrons. The van der Waals surface area contributed by atoms with Crippen molar-refractivity contribution in [3.05, 3.63) is 35.4 Å². The molecule has 0 spiro atoms. The Balaban J connectivity index is 1.52. The first-order valence-corrected chi connectivity index (χ1v) is 8.56. The number of nitrogens with zero attached hydrogens (tertiary/aromatic N) is 1. The SMILES string of the molecule is NC(=O)[C@@H]1CCCN1C[C@H](O)CO[C@@H]1CCCc2ccccc21. The predicted octanol–water partition coefficient (Wildman–Crippen LogP) is 1.39. The number of amides is 1. The minimum absolute atomic E-state index is 0.0696. The Morgan fingerprint density at radius 1 is 1.35 bits per heavy atom. The molecule has 1 aliphatic carbocycles. The summed E-state index contributed by atoms with van der Waals surface area (Å²) in [6.07, 6.45) is 4.44. The van der Waals surface area contributed by atoms with Crippen molar-refractivity contribution in [2.75, 3.05) is 19.7 Å². The minimum atomic E-state index is -0.593. The molecule has 0 saturated carbocycles. The molecule has 2 aliphatic rings. The fraction of sp³-hybridized carbons (Fsp3) is 0.611. The van der Waals surface area contributed by atoms with Gasteiger partial charge in [-0.3, -0.25) is 9.69 Å².